The third-order valence-electron chi connectivity index (χ3n) is 2.59. The van der Waals surface area contributed by atoms with E-state index < -0.39 is 0 Å². The lowest BCUT2D eigenvalue weighted by Gasteiger charge is -2.09. The third-order valence-corrected chi connectivity index (χ3v) is 3.83. The second-order valence-corrected chi connectivity index (χ2v) is 5.19. The maximum absolute atomic E-state index is 11.9. The fourth-order valence-electron chi connectivity index (χ4n) is 1.71. The van der Waals surface area contributed by atoms with Crippen molar-refractivity contribution in [1.29, 1.82) is 0 Å². The van der Waals surface area contributed by atoms with Gasteiger partial charge in [-0.3, -0.25) is 9.36 Å². The summed E-state index contributed by atoms with van der Waals surface area (Å²) < 4.78 is 1.63. The van der Waals surface area contributed by atoms with Crippen LogP contribution < -0.4 is 5.56 Å². The largest absolute Gasteiger partial charge is 0.290 e. The Morgan fingerprint density at radius 1 is 1.33 bits per heavy atom. The molecule has 0 saturated carbocycles. The molecule has 2 aromatic heterocycles. The molecule has 0 unspecified atom stereocenters. The van der Waals surface area contributed by atoms with E-state index in [0.717, 1.165) is 17.1 Å². The van der Waals surface area contributed by atoms with Crippen LogP contribution in [-0.2, 0) is 19.4 Å². The molecule has 2 aromatic rings. The zero-order valence-electron chi connectivity index (χ0n) is 10.3. The van der Waals surface area contributed by atoms with Crippen LogP contribution in [0.5, 0.6) is 0 Å². The van der Waals surface area contributed by atoms with Crippen molar-refractivity contribution in [3.8, 4) is 0 Å². The fraction of sp³-hybridized carbons (Fsp3) is 0.417. The number of hydrogen-bond acceptors (Lipinski definition) is 4. The van der Waals surface area contributed by atoms with E-state index in [-0.39, 0.29) is 10.7 Å². The lowest BCUT2D eigenvalue weighted by molar-refractivity contribution is 0.664. The lowest BCUT2D eigenvalue weighted by Crippen LogP contribution is -2.24. The Labute approximate surface area is 114 Å². The Balaban J connectivity index is 2.36. The zero-order valence-corrected chi connectivity index (χ0v) is 11.9. The van der Waals surface area contributed by atoms with Crippen molar-refractivity contribution in [3.63, 3.8) is 0 Å². The molecule has 6 heteroatoms. The topological polar surface area (TPSA) is 47.8 Å². The molecule has 0 radical (unpaired) electrons. The summed E-state index contributed by atoms with van der Waals surface area (Å²) in [5.41, 5.74) is 0.774. The molecule has 2 heterocycles. The van der Waals surface area contributed by atoms with E-state index in [0.29, 0.717) is 18.8 Å². The quantitative estimate of drug-likeness (QED) is 0.810. The van der Waals surface area contributed by atoms with Gasteiger partial charge in [-0.15, -0.1) is 11.3 Å². The molecular formula is C12H14ClN3OS. The minimum absolute atomic E-state index is 0.127. The Morgan fingerprint density at radius 3 is 2.72 bits per heavy atom. The molecule has 0 aromatic carbocycles. The highest BCUT2D eigenvalue weighted by Crippen LogP contribution is 2.12. The van der Waals surface area contributed by atoms with Gasteiger partial charge < -0.3 is 0 Å². The van der Waals surface area contributed by atoms with Crippen molar-refractivity contribution < 1.29 is 0 Å². The van der Waals surface area contributed by atoms with E-state index in [4.69, 9.17) is 11.6 Å². The monoisotopic (exact) mass is 283 g/mol. The van der Waals surface area contributed by atoms with Gasteiger partial charge in [0, 0.05) is 17.9 Å². The molecule has 0 spiro atoms. The van der Waals surface area contributed by atoms with Gasteiger partial charge in [0.05, 0.1) is 17.2 Å². The van der Waals surface area contributed by atoms with E-state index in [1.807, 2.05) is 12.3 Å². The van der Waals surface area contributed by atoms with E-state index >= 15 is 0 Å². The minimum Gasteiger partial charge on any atom is -0.290 e. The van der Waals surface area contributed by atoms with Crippen LogP contribution in [0.15, 0.2) is 16.2 Å². The molecule has 0 saturated heterocycles. The first-order valence-corrected chi connectivity index (χ1v) is 7.09. The van der Waals surface area contributed by atoms with Crippen LogP contribution in [0.2, 0.25) is 5.15 Å². The molecule has 0 N–H and O–H groups in total. The number of thiazole rings is 1. The van der Waals surface area contributed by atoms with Crippen molar-refractivity contribution in [2.24, 2.45) is 0 Å². The van der Waals surface area contributed by atoms with Gasteiger partial charge in [-0.1, -0.05) is 25.4 Å². The van der Waals surface area contributed by atoms with E-state index in [9.17, 15) is 4.79 Å². The first-order chi connectivity index (χ1) is 8.63. The fourth-order valence-corrected chi connectivity index (χ4v) is 2.63. The second kappa shape index (κ2) is 5.63. The molecule has 0 amide bonds. The molecule has 0 aliphatic heterocycles. The molecule has 0 aliphatic rings. The van der Waals surface area contributed by atoms with Crippen molar-refractivity contribution in [2.45, 2.75) is 33.2 Å². The van der Waals surface area contributed by atoms with Crippen LogP contribution in [0.25, 0.3) is 0 Å². The summed E-state index contributed by atoms with van der Waals surface area (Å²) in [5, 5.41) is 3.32. The predicted octanol–water partition coefficient (Wildman–Crippen LogP) is 2.53. The van der Waals surface area contributed by atoms with Crippen molar-refractivity contribution >= 4 is 22.9 Å². The highest BCUT2D eigenvalue weighted by atomic mass is 35.5. The summed E-state index contributed by atoms with van der Waals surface area (Å²) >= 11 is 7.41. The maximum Gasteiger partial charge on any atom is 0.255 e. The van der Waals surface area contributed by atoms with Gasteiger partial charge in [0.1, 0.15) is 11.0 Å². The normalized spacial score (nSPS) is 10.8. The van der Waals surface area contributed by atoms with Crippen LogP contribution >= 0.6 is 22.9 Å². The van der Waals surface area contributed by atoms with Crippen LogP contribution in [-0.4, -0.2) is 14.5 Å². The summed E-state index contributed by atoms with van der Waals surface area (Å²) in [6.45, 7) is 4.48. The van der Waals surface area contributed by atoms with Crippen molar-refractivity contribution in [2.75, 3.05) is 0 Å². The molecule has 0 fully saturated rings. The smallest absolute Gasteiger partial charge is 0.255 e. The highest BCUT2D eigenvalue weighted by molar-refractivity contribution is 7.09. The standard InChI is InChI=1S/C12H14ClN3OS/c1-3-10-15-9(13)5-12(17)16(10)6-8-7-18-11(4-2)14-8/h5,7H,3-4,6H2,1-2H3. The van der Waals surface area contributed by atoms with Gasteiger partial charge in [-0.05, 0) is 6.42 Å². The Bertz CT molecular complexity index is 606. The number of rotatable bonds is 4. The van der Waals surface area contributed by atoms with Gasteiger partial charge in [0.2, 0.25) is 0 Å². The summed E-state index contributed by atoms with van der Waals surface area (Å²) in [6.07, 6.45) is 1.58. The summed E-state index contributed by atoms with van der Waals surface area (Å²) in [4.78, 5) is 20.6. The Morgan fingerprint density at radius 2 is 2.11 bits per heavy atom. The zero-order chi connectivity index (χ0) is 13.1. The lowest BCUT2D eigenvalue weighted by atomic mass is 10.4. The van der Waals surface area contributed by atoms with Crippen LogP contribution in [0, 0.1) is 0 Å². The molecule has 0 aliphatic carbocycles. The average Bonchev–Trinajstić information content (AvgIpc) is 2.80. The van der Waals surface area contributed by atoms with Crippen LogP contribution in [0.1, 0.15) is 30.4 Å². The number of hydrogen-bond donors (Lipinski definition) is 0. The Hall–Kier alpha value is -1.20. The summed E-state index contributed by atoms with van der Waals surface area (Å²) in [7, 11) is 0. The first-order valence-electron chi connectivity index (χ1n) is 5.83. The van der Waals surface area contributed by atoms with Crippen molar-refractivity contribution in [3.05, 3.63) is 43.5 Å². The number of aryl methyl sites for hydroxylation is 2. The second-order valence-electron chi connectivity index (χ2n) is 3.86. The van der Waals surface area contributed by atoms with Gasteiger partial charge in [0.25, 0.3) is 5.56 Å². The van der Waals surface area contributed by atoms with E-state index in [2.05, 4.69) is 16.9 Å². The Kier molecular flexibility index (Phi) is 4.14. The van der Waals surface area contributed by atoms with E-state index in [1.54, 1.807) is 15.9 Å². The number of aromatic nitrogens is 3. The molecule has 96 valence electrons. The molecular weight excluding hydrogens is 270 g/mol. The summed E-state index contributed by atoms with van der Waals surface area (Å²) in [6, 6.07) is 1.34. The molecule has 2 rings (SSSR count). The summed E-state index contributed by atoms with van der Waals surface area (Å²) in [5.74, 6) is 0.693. The molecule has 18 heavy (non-hydrogen) atoms. The molecule has 0 bridgehead atoms. The van der Waals surface area contributed by atoms with Gasteiger partial charge in [0.15, 0.2) is 0 Å². The average molecular weight is 284 g/mol. The van der Waals surface area contributed by atoms with Gasteiger partial charge in [-0.2, -0.15) is 0 Å². The molecule has 4 nitrogen and oxygen atoms in total. The van der Waals surface area contributed by atoms with Crippen molar-refractivity contribution in [1.82, 2.24) is 14.5 Å². The maximum atomic E-state index is 11.9. The SMILES string of the molecule is CCc1nc(Cn2c(CC)nc(Cl)cc2=O)cs1. The van der Waals surface area contributed by atoms with Crippen LogP contribution in [0.3, 0.4) is 0 Å². The van der Waals surface area contributed by atoms with E-state index in [1.165, 1.54) is 6.07 Å². The van der Waals surface area contributed by atoms with Gasteiger partial charge in [-0.25, -0.2) is 9.97 Å². The minimum atomic E-state index is -0.127. The highest BCUT2D eigenvalue weighted by Gasteiger charge is 2.09. The number of nitrogens with zero attached hydrogens (tertiary/aromatic N) is 3. The first kappa shape index (κ1) is 13.2. The number of halogens is 1. The third kappa shape index (κ3) is 2.79. The predicted molar refractivity (Wildman–Crippen MR) is 73.5 cm³/mol. The van der Waals surface area contributed by atoms with Crippen LogP contribution in [0.4, 0.5) is 0 Å². The molecule has 0 atom stereocenters. The van der Waals surface area contributed by atoms with Gasteiger partial charge >= 0.3 is 0 Å².